The molecule has 1 aromatic carbocycles. The molecule has 5 nitrogen and oxygen atoms in total. The third-order valence-corrected chi connectivity index (χ3v) is 4.68. The van der Waals surface area contributed by atoms with Gasteiger partial charge in [-0.15, -0.1) is 0 Å². The second-order valence-electron chi connectivity index (χ2n) is 6.73. The third-order valence-electron chi connectivity index (χ3n) is 4.68. The Kier molecular flexibility index (Phi) is 5.16. The molecule has 2 rings (SSSR count). The zero-order chi connectivity index (χ0) is 16.3. The van der Waals surface area contributed by atoms with Crippen LogP contribution in [0.4, 0.5) is 11.4 Å². The molecular formula is C17H24N2O3. The van der Waals surface area contributed by atoms with E-state index >= 15 is 0 Å². The van der Waals surface area contributed by atoms with Crippen molar-refractivity contribution >= 4 is 17.3 Å². The Balaban J connectivity index is 2.12. The second-order valence-corrected chi connectivity index (χ2v) is 6.73. The minimum Gasteiger partial charge on any atom is -0.326 e. The van der Waals surface area contributed by atoms with Crippen LogP contribution in [0.2, 0.25) is 0 Å². The SMILES string of the molecule is CC(C)[C@@H]1CC[C@@H](C)C[C@H]1C(=O)Nc1cccc([N+](=O)[O-])c1. The van der Waals surface area contributed by atoms with Gasteiger partial charge >= 0.3 is 0 Å². The predicted molar refractivity (Wildman–Crippen MR) is 86.6 cm³/mol. The molecule has 1 N–H and O–H groups in total. The zero-order valence-corrected chi connectivity index (χ0v) is 13.4. The van der Waals surface area contributed by atoms with Gasteiger partial charge in [-0.1, -0.05) is 33.3 Å². The van der Waals surface area contributed by atoms with Crippen LogP contribution in [0.1, 0.15) is 40.0 Å². The second kappa shape index (κ2) is 6.90. The Bertz CT molecular complexity index is 557. The molecule has 0 radical (unpaired) electrons. The van der Waals surface area contributed by atoms with Gasteiger partial charge in [0.2, 0.25) is 5.91 Å². The van der Waals surface area contributed by atoms with Gasteiger partial charge in [0.25, 0.3) is 5.69 Å². The number of benzene rings is 1. The van der Waals surface area contributed by atoms with Crippen molar-refractivity contribution in [2.45, 2.75) is 40.0 Å². The van der Waals surface area contributed by atoms with E-state index in [1.807, 2.05) is 0 Å². The average molecular weight is 304 g/mol. The van der Waals surface area contributed by atoms with Gasteiger partial charge in [-0.3, -0.25) is 14.9 Å². The van der Waals surface area contributed by atoms with Crippen molar-refractivity contribution < 1.29 is 9.72 Å². The summed E-state index contributed by atoms with van der Waals surface area (Å²) in [6.07, 6.45) is 3.14. The monoisotopic (exact) mass is 304 g/mol. The first-order valence-electron chi connectivity index (χ1n) is 7.93. The van der Waals surface area contributed by atoms with E-state index in [2.05, 4.69) is 26.1 Å². The van der Waals surface area contributed by atoms with Crippen molar-refractivity contribution in [1.29, 1.82) is 0 Å². The summed E-state index contributed by atoms with van der Waals surface area (Å²) in [7, 11) is 0. The van der Waals surface area contributed by atoms with Crippen LogP contribution in [0.5, 0.6) is 0 Å². The topological polar surface area (TPSA) is 72.2 Å². The predicted octanol–water partition coefficient (Wildman–Crippen LogP) is 4.24. The lowest BCUT2D eigenvalue weighted by atomic mass is 9.70. The van der Waals surface area contributed by atoms with Crippen molar-refractivity contribution in [3.8, 4) is 0 Å². The van der Waals surface area contributed by atoms with Crippen molar-refractivity contribution in [3.05, 3.63) is 34.4 Å². The highest BCUT2D eigenvalue weighted by Crippen LogP contribution is 2.38. The zero-order valence-electron chi connectivity index (χ0n) is 13.4. The van der Waals surface area contributed by atoms with E-state index in [4.69, 9.17) is 0 Å². The number of hydrogen-bond donors (Lipinski definition) is 1. The Labute approximate surface area is 131 Å². The van der Waals surface area contributed by atoms with Gasteiger partial charge in [0.15, 0.2) is 0 Å². The first-order valence-corrected chi connectivity index (χ1v) is 7.93. The van der Waals surface area contributed by atoms with Crippen molar-refractivity contribution in [1.82, 2.24) is 0 Å². The minimum absolute atomic E-state index is 0.00442. The van der Waals surface area contributed by atoms with Gasteiger partial charge in [0.05, 0.1) is 4.92 Å². The molecule has 0 spiro atoms. The normalized spacial score (nSPS) is 25.0. The van der Waals surface area contributed by atoms with E-state index in [1.54, 1.807) is 12.1 Å². The van der Waals surface area contributed by atoms with Crippen LogP contribution < -0.4 is 5.32 Å². The van der Waals surface area contributed by atoms with E-state index in [0.29, 0.717) is 23.4 Å². The molecule has 1 amide bonds. The maximum absolute atomic E-state index is 12.6. The lowest BCUT2D eigenvalue weighted by molar-refractivity contribution is -0.384. The smallest absolute Gasteiger partial charge is 0.271 e. The Morgan fingerprint density at radius 3 is 2.73 bits per heavy atom. The van der Waals surface area contributed by atoms with Gasteiger partial charge in [-0.05, 0) is 36.7 Å². The molecule has 1 aromatic rings. The van der Waals surface area contributed by atoms with Gasteiger partial charge in [-0.25, -0.2) is 0 Å². The number of hydrogen-bond acceptors (Lipinski definition) is 3. The number of nitro groups is 1. The van der Waals surface area contributed by atoms with E-state index in [0.717, 1.165) is 12.8 Å². The van der Waals surface area contributed by atoms with Gasteiger partial charge < -0.3 is 5.32 Å². The molecule has 1 fully saturated rings. The van der Waals surface area contributed by atoms with E-state index < -0.39 is 4.92 Å². The molecule has 0 bridgehead atoms. The fourth-order valence-electron chi connectivity index (χ4n) is 3.44. The Hall–Kier alpha value is -1.91. The largest absolute Gasteiger partial charge is 0.326 e. The van der Waals surface area contributed by atoms with E-state index in [1.165, 1.54) is 18.6 Å². The first kappa shape index (κ1) is 16.5. The quantitative estimate of drug-likeness (QED) is 0.668. The molecule has 1 saturated carbocycles. The first-order chi connectivity index (χ1) is 10.4. The Morgan fingerprint density at radius 1 is 1.36 bits per heavy atom. The standard InChI is InChI=1S/C17H24N2O3/c1-11(2)15-8-7-12(3)9-16(15)17(20)18-13-5-4-6-14(10-13)19(21)22/h4-6,10-12,15-16H,7-9H2,1-3H3,(H,18,20)/t12-,15+,16-/m1/s1. The number of anilines is 1. The number of nitrogens with zero attached hydrogens (tertiary/aromatic N) is 1. The molecule has 1 aliphatic carbocycles. The van der Waals surface area contributed by atoms with Crippen LogP contribution >= 0.6 is 0 Å². The molecule has 0 aromatic heterocycles. The van der Waals surface area contributed by atoms with Crippen LogP contribution in [0.25, 0.3) is 0 Å². The minimum atomic E-state index is -0.449. The van der Waals surface area contributed by atoms with Crippen LogP contribution in [-0.4, -0.2) is 10.8 Å². The number of amides is 1. The van der Waals surface area contributed by atoms with E-state index in [-0.39, 0.29) is 17.5 Å². The van der Waals surface area contributed by atoms with Gasteiger partial charge in [-0.2, -0.15) is 0 Å². The van der Waals surface area contributed by atoms with Crippen molar-refractivity contribution in [2.24, 2.45) is 23.7 Å². The number of rotatable bonds is 4. The number of nitro benzene ring substituents is 1. The van der Waals surface area contributed by atoms with Crippen LogP contribution in [0, 0.1) is 33.8 Å². The maximum Gasteiger partial charge on any atom is 0.271 e. The van der Waals surface area contributed by atoms with Crippen molar-refractivity contribution in [2.75, 3.05) is 5.32 Å². The van der Waals surface area contributed by atoms with Crippen LogP contribution in [-0.2, 0) is 4.79 Å². The molecule has 0 saturated heterocycles. The number of carbonyl (C=O) groups excluding carboxylic acids is 1. The molecule has 0 aliphatic heterocycles. The summed E-state index contributed by atoms with van der Waals surface area (Å²) in [5.74, 6) is 1.38. The molecule has 5 heteroatoms. The van der Waals surface area contributed by atoms with Gasteiger partial charge in [0.1, 0.15) is 0 Å². The number of non-ortho nitro benzene ring substituents is 1. The fourth-order valence-corrected chi connectivity index (χ4v) is 3.44. The average Bonchev–Trinajstić information content (AvgIpc) is 2.47. The highest BCUT2D eigenvalue weighted by Gasteiger charge is 2.35. The molecule has 120 valence electrons. The van der Waals surface area contributed by atoms with Crippen LogP contribution in [0.3, 0.4) is 0 Å². The maximum atomic E-state index is 12.6. The Morgan fingerprint density at radius 2 is 2.09 bits per heavy atom. The highest BCUT2D eigenvalue weighted by molar-refractivity contribution is 5.93. The molecular weight excluding hydrogens is 280 g/mol. The summed E-state index contributed by atoms with van der Waals surface area (Å²) in [6.45, 7) is 6.51. The van der Waals surface area contributed by atoms with Gasteiger partial charge in [0, 0.05) is 23.7 Å². The molecule has 0 heterocycles. The van der Waals surface area contributed by atoms with E-state index in [9.17, 15) is 14.9 Å². The van der Waals surface area contributed by atoms with Crippen LogP contribution in [0.15, 0.2) is 24.3 Å². The molecule has 3 atom stereocenters. The summed E-state index contributed by atoms with van der Waals surface area (Å²) in [4.78, 5) is 23.0. The molecule has 0 unspecified atom stereocenters. The summed E-state index contributed by atoms with van der Waals surface area (Å²) in [5.41, 5.74) is 0.496. The van der Waals surface area contributed by atoms with Crippen molar-refractivity contribution in [3.63, 3.8) is 0 Å². The lowest BCUT2D eigenvalue weighted by Crippen LogP contribution is -2.36. The molecule has 22 heavy (non-hydrogen) atoms. The summed E-state index contributed by atoms with van der Waals surface area (Å²) in [6, 6.07) is 6.13. The highest BCUT2D eigenvalue weighted by atomic mass is 16.6. The number of nitrogens with one attached hydrogen (secondary N) is 1. The fraction of sp³-hybridized carbons (Fsp3) is 0.588. The summed E-state index contributed by atoms with van der Waals surface area (Å²) < 4.78 is 0. The summed E-state index contributed by atoms with van der Waals surface area (Å²) >= 11 is 0. The third kappa shape index (κ3) is 3.84. The molecule has 1 aliphatic rings. The summed E-state index contributed by atoms with van der Waals surface area (Å²) in [5, 5.41) is 13.7. The number of carbonyl (C=O) groups is 1. The lowest BCUT2D eigenvalue weighted by Gasteiger charge is -2.36.